The highest BCUT2D eigenvalue weighted by molar-refractivity contribution is 5.80. The van der Waals surface area contributed by atoms with Crippen molar-refractivity contribution in [3.8, 4) is 0 Å². The summed E-state index contributed by atoms with van der Waals surface area (Å²) in [6.45, 7) is 9.10. The van der Waals surface area contributed by atoms with Crippen LogP contribution >= 0.6 is 0 Å². The van der Waals surface area contributed by atoms with Crippen LogP contribution in [0.2, 0.25) is 0 Å². The van der Waals surface area contributed by atoms with Gasteiger partial charge in [-0.25, -0.2) is 4.39 Å². The van der Waals surface area contributed by atoms with Crippen LogP contribution in [0, 0.1) is 11.7 Å². The van der Waals surface area contributed by atoms with Gasteiger partial charge in [-0.15, -0.1) is 0 Å². The fourth-order valence-electron chi connectivity index (χ4n) is 4.88. The van der Waals surface area contributed by atoms with Crippen LogP contribution in [0.15, 0.2) is 18.2 Å². The third-order valence-corrected chi connectivity index (χ3v) is 6.63. The number of nitrogens with zero attached hydrogens (tertiary/aromatic N) is 1. The van der Waals surface area contributed by atoms with Gasteiger partial charge in [-0.3, -0.25) is 10.1 Å². The van der Waals surface area contributed by atoms with Crippen LogP contribution in [0.5, 0.6) is 0 Å². The average molecular weight is 375 g/mol. The second-order valence-corrected chi connectivity index (χ2v) is 9.64. The molecule has 1 aliphatic carbocycles. The first-order valence-corrected chi connectivity index (χ1v) is 10.2. The number of hydrogen-bond donors (Lipinski definition) is 1. The van der Waals surface area contributed by atoms with Crippen molar-refractivity contribution in [2.75, 3.05) is 26.4 Å². The molecule has 1 aromatic carbocycles. The van der Waals surface area contributed by atoms with Gasteiger partial charge >= 0.3 is 0 Å². The molecule has 3 fully saturated rings. The highest BCUT2D eigenvalue weighted by Gasteiger charge is 2.50. The summed E-state index contributed by atoms with van der Waals surface area (Å²) in [6, 6.07) is 5.57. The van der Waals surface area contributed by atoms with Crippen LogP contribution in [0.4, 0.5) is 4.39 Å². The molecule has 1 N–H and O–H groups in total. The lowest BCUT2D eigenvalue weighted by Gasteiger charge is -2.45. The predicted octanol–water partition coefficient (Wildman–Crippen LogP) is 3.56. The van der Waals surface area contributed by atoms with Gasteiger partial charge in [0.1, 0.15) is 5.82 Å². The van der Waals surface area contributed by atoms with Crippen molar-refractivity contribution in [1.82, 2.24) is 10.2 Å². The van der Waals surface area contributed by atoms with Crippen LogP contribution in [-0.4, -0.2) is 42.8 Å². The van der Waals surface area contributed by atoms with Gasteiger partial charge in [-0.05, 0) is 54.2 Å². The first-order valence-electron chi connectivity index (χ1n) is 10.2. The van der Waals surface area contributed by atoms with Crippen molar-refractivity contribution < 1.29 is 13.9 Å². The largest absolute Gasteiger partial charge is 0.364 e. The van der Waals surface area contributed by atoms with Gasteiger partial charge in [0.05, 0.1) is 13.3 Å². The summed E-state index contributed by atoms with van der Waals surface area (Å²) in [5, 5.41) is 3.38. The molecule has 1 amide bonds. The number of amides is 1. The fraction of sp³-hybridized carbons (Fsp3) is 0.682. The molecule has 27 heavy (non-hydrogen) atoms. The van der Waals surface area contributed by atoms with E-state index < -0.39 is 0 Å². The van der Waals surface area contributed by atoms with E-state index in [4.69, 9.17) is 4.74 Å². The Hall–Kier alpha value is -1.46. The van der Waals surface area contributed by atoms with E-state index in [2.05, 4.69) is 5.32 Å². The Kier molecular flexibility index (Phi) is 4.79. The Morgan fingerprint density at radius 3 is 2.56 bits per heavy atom. The second kappa shape index (κ2) is 6.85. The molecule has 1 aromatic rings. The van der Waals surface area contributed by atoms with E-state index in [9.17, 15) is 9.18 Å². The lowest BCUT2D eigenvalue weighted by Crippen LogP contribution is -2.58. The van der Waals surface area contributed by atoms with E-state index in [1.807, 2.05) is 37.8 Å². The summed E-state index contributed by atoms with van der Waals surface area (Å²) < 4.78 is 19.6. The average Bonchev–Trinajstić information content (AvgIpc) is 3.10. The van der Waals surface area contributed by atoms with E-state index in [1.54, 1.807) is 6.07 Å². The lowest BCUT2D eigenvalue weighted by molar-refractivity contribution is -0.142. The SMILES string of the molecule is CC(C)(C)c1cc(C2CCN(C(=O)[C@H]3C[C@]4(COCN4)C3)CC2)ccc1F. The lowest BCUT2D eigenvalue weighted by atomic mass is 9.68. The van der Waals surface area contributed by atoms with E-state index in [-0.39, 0.29) is 22.7 Å². The molecule has 2 saturated heterocycles. The number of carbonyl (C=O) groups excluding carboxylic acids is 1. The molecule has 0 aromatic heterocycles. The minimum absolute atomic E-state index is 0.0656. The molecule has 0 atom stereocenters. The van der Waals surface area contributed by atoms with Crippen molar-refractivity contribution in [1.29, 1.82) is 0 Å². The second-order valence-electron chi connectivity index (χ2n) is 9.64. The van der Waals surface area contributed by atoms with E-state index in [0.29, 0.717) is 18.6 Å². The number of hydrogen-bond acceptors (Lipinski definition) is 3. The molecule has 4 nitrogen and oxygen atoms in total. The van der Waals surface area contributed by atoms with Crippen molar-refractivity contribution in [3.63, 3.8) is 0 Å². The summed E-state index contributed by atoms with van der Waals surface area (Å²) in [6.07, 6.45) is 3.72. The maximum Gasteiger partial charge on any atom is 0.225 e. The zero-order valence-electron chi connectivity index (χ0n) is 16.7. The number of likely N-dealkylation sites (tertiary alicyclic amines) is 1. The zero-order chi connectivity index (χ0) is 19.2. The Balaban J connectivity index is 1.35. The van der Waals surface area contributed by atoms with Crippen LogP contribution in [0.25, 0.3) is 0 Å². The molecule has 3 aliphatic rings. The monoisotopic (exact) mass is 374 g/mol. The number of carbonyl (C=O) groups is 1. The highest BCUT2D eigenvalue weighted by Crippen LogP contribution is 2.42. The minimum atomic E-state index is -0.199. The molecule has 148 valence electrons. The van der Waals surface area contributed by atoms with Crippen LogP contribution < -0.4 is 5.32 Å². The first kappa shape index (κ1) is 18.9. The van der Waals surface area contributed by atoms with Gasteiger partial charge in [0.15, 0.2) is 0 Å². The molecular weight excluding hydrogens is 343 g/mol. The van der Waals surface area contributed by atoms with Crippen LogP contribution in [0.3, 0.4) is 0 Å². The standard InChI is InChI=1S/C22H31FN2O2/c1-21(2,3)18-10-16(4-5-19(18)23)15-6-8-25(9-7-15)20(26)17-11-22(12-17)13-27-14-24-22/h4-5,10,15,17,24H,6-9,11-14H2,1-3H3/t17-,22+. The highest BCUT2D eigenvalue weighted by atomic mass is 19.1. The maximum absolute atomic E-state index is 14.2. The van der Waals surface area contributed by atoms with Crippen LogP contribution in [-0.2, 0) is 14.9 Å². The quantitative estimate of drug-likeness (QED) is 0.861. The molecule has 0 radical (unpaired) electrons. The number of halogens is 1. The molecule has 5 heteroatoms. The van der Waals surface area contributed by atoms with Gasteiger partial charge in [0, 0.05) is 24.5 Å². The third-order valence-electron chi connectivity index (χ3n) is 6.63. The Bertz CT molecular complexity index is 706. The van der Waals surface area contributed by atoms with E-state index in [1.165, 1.54) is 5.56 Å². The number of piperidine rings is 1. The van der Waals surface area contributed by atoms with Gasteiger partial charge in [0.2, 0.25) is 5.91 Å². The van der Waals surface area contributed by atoms with Gasteiger partial charge in [0.25, 0.3) is 0 Å². The van der Waals surface area contributed by atoms with E-state index in [0.717, 1.165) is 50.9 Å². The summed E-state index contributed by atoms with van der Waals surface area (Å²) >= 11 is 0. The van der Waals surface area contributed by atoms with Crippen molar-refractivity contribution in [3.05, 3.63) is 35.1 Å². The maximum atomic E-state index is 14.2. The predicted molar refractivity (Wildman–Crippen MR) is 103 cm³/mol. The summed E-state index contributed by atoms with van der Waals surface area (Å²) in [4.78, 5) is 14.8. The Morgan fingerprint density at radius 1 is 1.26 bits per heavy atom. The molecule has 2 aliphatic heterocycles. The molecule has 2 heterocycles. The summed E-state index contributed by atoms with van der Waals surface area (Å²) in [7, 11) is 0. The normalized spacial score (nSPS) is 29.2. The topological polar surface area (TPSA) is 41.6 Å². The van der Waals surface area contributed by atoms with Gasteiger partial charge in [-0.1, -0.05) is 32.9 Å². The molecule has 1 spiro atoms. The number of rotatable bonds is 2. The van der Waals surface area contributed by atoms with Gasteiger partial charge in [-0.2, -0.15) is 0 Å². The first-order chi connectivity index (χ1) is 12.8. The van der Waals surface area contributed by atoms with Crippen molar-refractivity contribution in [2.24, 2.45) is 5.92 Å². The number of ether oxygens (including phenoxy) is 1. The Labute approximate surface area is 161 Å². The Morgan fingerprint density at radius 2 is 1.96 bits per heavy atom. The number of benzene rings is 1. The molecule has 1 saturated carbocycles. The number of nitrogens with one attached hydrogen (secondary N) is 1. The van der Waals surface area contributed by atoms with Crippen molar-refractivity contribution in [2.45, 2.75) is 63.3 Å². The molecule has 0 unspecified atom stereocenters. The fourth-order valence-corrected chi connectivity index (χ4v) is 4.88. The third kappa shape index (κ3) is 3.64. The molecule has 0 bridgehead atoms. The van der Waals surface area contributed by atoms with E-state index >= 15 is 0 Å². The molecule has 4 rings (SSSR count). The van der Waals surface area contributed by atoms with Crippen molar-refractivity contribution >= 4 is 5.91 Å². The summed E-state index contributed by atoms with van der Waals surface area (Å²) in [5.41, 5.74) is 1.86. The minimum Gasteiger partial charge on any atom is -0.364 e. The molecular formula is C22H31FN2O2. The summed E-state index contributed by atoms with van der Waals surface area (Å²) in [5.74, 6) is 0.743. The smallest absolute Gasteiger partial charge is 0.225 e. The van der Waals surface area contributed by atoms with Crippen LogP contribution in [0.1, 0.15) is 63.5 Å². The van der Waals surface area contributed by atoms with Gasteiger partial charge < -0.3 is 9.64 Å². The zero-order valence-corrected chi connectivity index (χ0v) is 16.7.